The molecule has 0 saturated heterocycles. The van der Waals surface area contributed by atoms with E-state index in [1.807, 2.05) is 0 Å². The fraction of sp³-hybridized carbons (Fsp3) is 0. The van der Waals surface area contributed by atoms with Crippen molar-refractivity contribution in [2.45, 2.75) is 0 Å². The minimum Gasteiger partial charge on any atom is -0.310 e. The average molecular weight is 674 g/mol. The van der Waals surface area contributed by atoms with Crippen LogP contribution in [0.2, 0.25) is 0 Å². The van der Waals surface area contributed by atoms with Crippen molar-refractivity contribution in [2.75, 3.05) is 4.90 Å². The number of nitrogens with zero attached hydrogens (tertiary/aromatic N) is 1. The van der Waals surface area contributed by atoms with Gasteiger partial charge in [0, 0.05) is 16.9 Å². The van der Waals surface area contributed by atoms with Gasteiger partial charge in [-0.1, -0.05) is 164 Å². The van der Waals surface area contributed by atoms with Crippen LogP contribution in [0.25, 0.3) is 76.5 Å². The van der Waals surface area contributed by atoms with Crippen molar-refractivity contribution in [1.82, 2.24) is 0 Å². The molecule has 0 aromatic heterocycles. The summed E-state index contributed by atoms with van der Waals surface area (Å²) in [6, 6.07) is 77.3. The zero-order chi connectivity index (χ0) is 35.1. The minimum atomic E-state index is 1.10. The summed E-state index contributed by atoms with van der Waals surface area (Å²) in [4.78, 5) is 2.41. The van der Waals surface area contributed by atoms with E-state index in [1.54, 1.807) is 0 Å². The summed E-state index contributed by atoms with van der Waals surface area (Å²) in [6.07, 6.45) is 0. The smallest absolute Gasteiger partial charge is 0.0540 e. The maximum atomic E-state index is 2.41. The Morgan fingerprint density at radius 2 is 0.792 bits per heavy atom. The van der Waals surface area contributed by atoms with Crippen LogP contribution >= 0.6 is 0 Å². The quantitative estimate of drug-likeness (QED) is 0.159. The van der Waals surface area contributed by atoms with E-state index in [9.17, 15) is 0 Å². The second kappa shape index (κ2) is 13.0. The molecule has 0 unspecified atom stereocenters. The second-order valence-corrected chi connectivity index (χ2v) is 13.8. The summed E-state index contributed by atoms with van der Waals surface area (Å²) < 4.78 is 0. The van der Waals surface area contributed by atoms with Crippen molar-refractivity contribution in [3.05, 3.63) is 212 Å². The summed E-state index contributed by atoms with van der Waals surface area (Å²) in [5.74, 6) is 0. The molecule has 53 heavy (non-hydrogen) atoms. The molecule has 0 N–H and O–H groups in total. The maximum absolute atomic E-state index is 2.41. The lowest BCUT2D eigenvalue weighted by atomic mass is 9.93. The predicted octanol–water partition coefficient (Wildman–Crippen LogP) is 14.8. The number of fused-ring (bicyclic) bond motifs is 5. The monoisotopic (exact) mass is 673 g/mol. The van der Waals surface area contributed by atoms with Crippen LogP contribution in [0.5, 0.6) is 0 Å². The number of rotatable bonds is 6. The number of para-hydroxylation sites is 1. The Kier molecular flexibility index (Phi) is 7.55. The van der Waals surface area contributed by atoms with E-state index in [1.165, 1.54) is 76.5 Å². The van der Waals surface area contributed by atoms with Gasteiger partial charge >= 0.3 is 0 Å². The zero-order valence-corrected chi connectivity index (χ0v) is 29.2. The topological polar surface area (TPSA) is 3.24 Å². The van der Waals surface area contributed by atoms with Crippen LogP contribution in [0.4, 0.5) is 17.1 Å². The summed E-state index contributed by atoms with van der Waals surface area (Å²) in [7, 11) is 0. The predicted molar refractivity (Wildman–Crippen MR) is 227 cm³/mol. The summed E-state index contributed by atoms with van der Waals surface area (Å²) in [5, 5.41) is 9.98. The van der Waals surface area contributed by atoms with Gasteiger partial charge in [-0.25, -0.2) is 0 Å². The molecule has 10 aromatic carbocycles. The van der Waals surface area contributed by atoms with Crippen LogP contribution in [0.3, 0.4) is 0 Å². The van der Waals surface area contributed by atoms with Crippen LogP contribution in [-0.4, -0.2) is 0 Å². The molecule has 0 aliphatic rings. The first kappa shape index (κ1) is 30.8. The second-order valence-electron chi connectivity index (χ2n) is 13.8. The minimum absolute atomic E-state index is 1.10. The standard InChI is InChI=1S/C52H35N/c1-2-12-36(13-3-1)40-23-24-42-34-46(31-28-41(42)32-40)53(52-21-11-10-18-48(52)44-25-22-37-14-4-5-15-39(37)33-44)45-29-26-38(27-30-45)51-35-43-16-6-7-17-47(43)49-19-8-9-20-50(49)51/h1-35H. The molecule has 0 spiro atoms. The summed E-state index contributed by atoms with van der Waals surface area (Å²) in [6.45, 7) is 0. The summed E-state index contributed by atoms with van der Waals surface area (Å²) in [5.41, 5.74) is 10.6. The third-order valence-corrected chi connectivity index (χ3v) is 10.6. The third-order valence-electron chi connectivity index (χ3n) is 10.6. The number of anilines is 3. The maximum Gasteiger partial charge on any atom is 0.0540 e. The Labute approximate surface area is 309 Å². The highest BCUT2D eigenvalue weighted by atomic mass is 15.1. The van der Waals surface area contributed by atoms with Gasteiger partial charge in [-0.3, -0.25) is 0 Å². The Hall–Kier alpha value is -6.96. The molecule has 1 nitrogen and oxygen atoms in total. The van der Waals surface area contributed by atoms with E-state index in [0.29, 0.717) is 0 Å². The Morgan fingerprint density at radius 3 is 1.64 bits per heavy atom. The van der Waals surface area contributed by atoms with Crippen molar-refractivity contribution in [3.8, 4) is 33.4 Å². The van der Waals surface area contributed by atoms with Crippen molar-refractivity contribution >= 4 is 60.2 Å². The first-order chi connectivity index (χ1) is 26.3. The largest absolute Gasteiger partial charge is 0.310 e. The highest BCUT2D eigenvalue weighted by Crippen LogP contribution is 2.43. The highest BCUT2D eigenvalue weighted by Gasteiger charge is 2.19. The molecular formula is C52H35N. The Balaban J connectivity index is 1.13. The van der Waals surface area contributed by atoms with E-state index in [-0.39, 0.29) is 0 Å². The van der Waals surface area contributed by atoms with E-state index in [4.69, 9.17) is 0 Å². The van der Waals surface area contributed by atoms with Gasteiger partial charge in [-0.15, -0.1) is 0 Å². The van der Waals surface area contributed by atoms with E-state index in [0.717, 1.165) is 17.1 Å². The lowest BCUT2D eigenvalue weighted by Crippen LogP contribution is -2.11. The molecule has 0 aliphatic heterocycles. The fourth-order valence-corrected chi connectivity index (χ4v) is 7.96. The van der Waals surface area contributed by atoms with Crippen LogP contribution in [0, 0.1) is 0 Å². The molecule has 0 saturated carbocycles. The van der Waals surface area contributed by atoms with E-state index in [2.05, 4.69) is 217 Å². The fourth-order valence-electron chi connectivity index (χ4n) is 7.96. The van der Waals surface area contributed by atoms with Gasteiger partial charge in [-0.05, 0) is 119 Å². The van der Waals surface area contributed by atoms with Gasteiger partial charge in [-0.2, -0.15) is 0 Å². The average Bonchev–Trinajstić information content (AvgIpc) is 3.24. The Morgan fingerprint density at radius 1 is 0.245 bits per heavy atom. The molecule has 0 aliphatic carbocycles. The first-order valence-corrected chi connectivity index (χ1v) is 18.3. The van der Waals surface area contributed by atoms with E-state index < -0.39 is 0 Å². The molecule has 0 radical (unpaired) electrons. The Bertz CT molecular complexity index is 2940. The van der Waals surface area contributed by atoms with Crippen LogP contribution in [-0.2, 0) is 0 Å². The van der Waals surface area contributed by atoms with Crippen molar-refractivity contribution in [3.63, 3.8) is 0 Å². The van der Waals surface area contributed by atoms with Crippen LogP contribution in [0.15, 0.2) is 212 Å². The van der Waals surface area contributed by atoms with E-state index >= 15 is 0 Å². The SMILES string of the molecule is c1ccc(-c2ccc3cc(N(c4ccc(-c5cc6ccccc6c6ccccc56)cc4)c4ccccc4-c4ccc5ccccc5c4)ccc3c2)cc1. The number of hydrogen-bond donors (Lipinski definition) is 0. The molecule has 0 amide bonds. The zero-order valence-electron chi connectivity index (χ0n) is 29.2. The first-order valence-electron chi connectivity index (χ1n) is 18.3. The lowest BCUT2D eigenvalue weighted by molar-refractivity contribution is 1.29. The van der Waals surface area contributed by atoms with Crippen LogP contribution in [0.1, 0.15) is 0 Å². The summed E-state index contributed by atoms with van der Waals surface area (Å²) >= 11 is 0. The lowest BCUT2D eigenvalue weighted by Gasteiger charge is -2.28. The van der Waals surface area contributed by atoms with Crippen molar-refractivity contribution in [1.29, 1.82) is 0 Å². The number of benzene rings is 10. The van der Waals surface area contributed by atoms with Gasteiger partial charge in [0.05, 0.1) is 5.69 Å². The normalized spacial score (nSPS) is 11.4. The van der Waals surface area contributed by atoms with Crippen molar-refractivity contribution in [2.24, 2.45) is 0 Å². The molecule has 10 aromatic rings. The van der Waals surface area contributed by atoms with Crippen LogP contribution < -0.4 is 4.90 Å². The highest BCUT2D eigenvalue weighted by molar-refractivity contribution is 6.13. The number of hydrogen-bond acceptors (Lipinski definition) is 1. The molecule has 1 heteroatoms. The van der Waals surface area contributed by atoms with Gasteiger partial charge in [0.25, 0.3) is 0 Å². The molecule has 10 rings (SSSR count). The van der Waals surface area contributed by atoms with Gasteiger partial charge in [0.1, 0.15) is 0 Å². The van der Waals surface area contributed by atoms with Crippen molar-refractivity contribution < 1.29 is 0 Å². The molecular weight excluding hydrogens is 639 g/mol. The molecule has 0 bridgehead atoms. The van der Waals surface area contributed by atoms with Gasteiger partial charge in [0.2, 0.25) is 0 Å². The molecule has 248 valence electrons. The molecule has 0 heterocycles. The third kappa shape index (κ3) is 5.60. The molecule has 0 atom stereocenters. The van der Waals surface area contributed by atoms with Gasteiger partial charge in [0.15, 0.2) is 0 Å². The van der Waals surface area contributed by atoms with Gasteiger partial charge < -0.3 is 4.90 Å². The molecule has 0 fully saturated rings.